The average molecular weight is 576 g/mol. The minimum atomic E-state index is -1.000. The van der Waals surface area contributed by atoms with E-state index in [2.05, 4.69) is 0 Å². The summed E-state index contributed by atoms with van der Waals surface area (Å²) in [5.41, 5.74) is 1.64. The number of carbonyl (C=O) groups is 2. The third-order valence-corrected chi connectivity index (χ3v) is 5.96. The Morgan fingerprint density at radius 1 is 0.872 bits per heavy atom. The molecule has 1 amide bonds. The van der Waals surface area contributed by atoms with Crippen LogP contribution in [0.5, 0.6) is 11.5 Å². The lowest BCUT2D eigenvalue weighted by molar-refractivity contribution is -0.149. The first-order valence-electron chi connectivity index (χ1n) is 12.4. The second-order valence-corrected chi connectivity index (χ2v) is 9.35. The molecule has 3 aromatic carbocycles. The van der Waals surface area contributed by atoms with Gasteiger partial charge in [-0.1, -0.05) is 53.5 Å². The molecule has 1 atom stereocenters. The van der Waals surface area contributed by atoms with Crippen molar-refractivity contribution in [3.05, 3.63) is 94.0 Å². The molecule has 0 radical (unpaired) electrons. The molecule has 0 heterocycles. The summed E-state index contributed by atoms with van der Waals surface area (Å²) >= 11 is 12.1. The molecule has 0 aliphatic heterocycles. The van der Waals surface area contributed by atoms with Crippen LogP contribution in [0.15, 0.2) is 72.8 Å². The lowest BCUT2D eigenvalue weighted by atomic mass is 10.1. The second kappa shape index (κ2) is 16.0. The standard InChI is InChI=1S/C29H31Cl2NO7/c1-2-37-27(28(33)34)18-21-8-10-25(11-9-21)38-15-13-32(29(35)39-26-6-4-3-5-7-26)12-14-36-20-22-16-23(30)19-24(31)17-22/h3-11,16-17,19,27H,2,12-15,18,20H2,1H3,(H,33,34). The van der Waals surface area contributed by atoms with E-state index in [1.807, 2.05) is 6.07 Å². The van der Waals surface area contributed by atoms with E-state index in [9.17, 15) is 14.7 Å². The molecule has 1 N–H and O–H groups in total. The van der Waals surface area contributed by atoms with Crippen molar-refractivity contribution in [1.29, 1.82) is 0 Å². The normalized spacial score (nSPS) is 11.6. The molecule has 3 aromatic rings. The molecule has 208 valence electrons. The number of carbonyl (C=O) groups excluding carboxylic acids is 1. The number of nitrogens with zero attached hydrogens (tertiary/aromatic N) is 1. The predicted octanol–water partition coefficient (Wildman–Crippen LogP) is 6.12. The van der Waals surface area contributed by atoms with Crippen LogP contribution in [-0.2, 0) is 27.3 Å². The van der Waals surface area contributed by atoms with Gasteiger partial charge in [-0.25, -0.2) is 9.59 Å². The van der Waals surface area contributed by atoms with Gasteiger partial charge in [0.2, 0.25) is 0 Å². The fraction of sp³-hybridized carbons (Fsp3) is 0.310. The zero-order valence-electron chi connectivity index (χ0n) is 21.6. The van der Waals surface area contributed by atoms with Crippen LogP contribution in [0.4, 0.5) is 4.79 Å². The summed E-state index contributed by atoms with van der Waals surface area (Å²) in [7, 11) is 0. The van der Waals surface area contributed by atoms with Crippen molar-refractivity contribution in [2.24, 2.45) is 0 Å². The average Bonchev–Trinajstić information content (AvgIpc) is 2.90. The number of carboxylic acids is 1. The molecule has 0 saturated heterocycles. The summed E-state index contributed by atoms with van der Waals surface area (Å²) in [5, 5.41) is 10.3. The highest BCUT2D eigenvalue weighted by molar-refractivity contribution is 6.34. The first-order valence-corrected chi connectivity index (χ1v) is 13.2. The van der Waals surface area contributed by atoms with Gasteiger partial charge in [0, 0.05) is 29.6 Å². The molecule has 0 saturated carbocycles. The highest BCUT2D eigenvalue weighted by atomic mass is 35.5. The first-order chi connectivity index (χ1) is 18.8. The van der Waals surface area contributed by atoms with Crippen molar-refractivity contribution < 1.29 is 33.6 Å². The Labute approximate surface area is 237 Å². The van der Waals surface area contributed by atoms with E-state index in [4.69, 9.17) is 42.1 Å². The van der Waals surface area contributed by atoms with Crippen molar-refractivity contribution >= 4 is 35.3 Å². The maximum absolute atomic E-state index is 12.9. The second-order valence-electron chi connectivity index (χ2n) is 8.48. The lowest BCUT2D eigenvalue weighted by Gasteiger charge is -2.22. The molecule has 39 heavy (non-hydrogen) atoms. The molecule has 0 bridgehead atoms. The number of rotatable bonds is 15. The maximum Gasteiger partial charge on any atom is 0.415 e. The van der Waals surface area contributed by atoms with Crippen molar-refractivity contribution in [3.63, 3.8) is 0 Å². The highest BCUT2D eigenvalue weighted by Crippen LogP contribution is 2.20. The largest absolute Gasteiger partial charge is 0.492 e. The smallest absolute Gasteiger partial charge is 0.415 e. The van der Waals surface area contributed by atoms with Crippen molar-refractivity contribution in [2.75, 3.05) is 32.9 Å². The number of para-hydroxylation sites is 1. The molecule has 0 aliphatic carbocycles. The zero-order valence-corrected chi connectivity index (χ0v) is 23.1. The van der Waals surface area contributed by atoms with Crippen molar-refractivity contribution in [1.82, 2.24) is 4.90 Å². The van der Waals surface area contributed by atoms with Crippen LogP contribution < -0.4 is 9.47 Å². The Bertz CT molecular complexity index is 1170. The molecular weight excluding hydrogens is 545 g/mol. The van der Waals surface area contributed by atoms with Crippen LogP contribution in [0, 0.1) is 0 Å². The summed E-state index contributed by atoms with van der Waals surface area (Å²) in [5.74, 6) is 0.0257. The Morgan fingerprint density at radius 3 is 2.18 bits per heavy atom. The number of aliphatic carboxylic acids is 1. The third kappa shape index (κ3) is 10.8. The zero-order chi connectivity index (χ0) is 28.0. The minimum Gasteiger partial charge on any atom is -0.492 e. The van der Waals surface area contributed by atoms with Crippen molar-refractivity contribution in [2.45, 2.75) is 26.1 Å². The summed E-state index contributed by atoms with van der Waals surface area (Å²) in [6.45, 7) is 3.37. The van der Waals surface area contributed by atoms with Crippen LogP contribution >= 0.6 is 23.2 Å². The first kappa shape index (κ1) is 30.2. The molecule has 0 aliphatic rings. The number of benzene rings is 3. The number of hydrogen-bond acceptors (Lipinski definition) is 6. The quantitative estimate of drug-likeness (QED) is 0.218. The van der Waals surface area contributed by atoms with Crippen LogP contribution in [-0.4, -0.2) is 61.1 Å². The Hall–Kier alpha value is -3.30. The lowest BCUT2D eigenvalue weighted by Crippen LogP contribution is -2.39. The highest BCUT2D eigenvalue weighted by Gasteiger charge is 2.18. The fourth-order valence-electron chi connectivity index (χ4n) is 3.64. The van der Waals surface area contributed by atoms with E-state index in [0.717, 1.165) is 11.1 Å². The van der Waals surface area contributed by atoms with Gasteiger partial charge < -0.3 is 29.0 Å². The number of halogens is 2. The van der Waals surface area contributed by atoms with E-state index >= 15 is 0 Å². The van der Waals surface area contributed by atoms with Crippen LogP contribution in [0.2, 0.25) is 10.0 Å². The molecule has 3 rings (SSSR count). The van der Waals surface area contributed by atoms with E-state index in [0.29, 0.717) is 28.2 Å². The Kier molecular flexibility index (Phi) is 12.4. The third-order valence-electron chi connectivity index (χ3n) is 5.52. The summed E-state index contributed by atoms with van der Waals surface area (Å²) in [4.78, 5) is 25.7. The topological polar surface area (TPSA) is 94.5 Å². The van der Waals surface area contributed by atoms with E-state index in [-0.39, 0.29) is 39.3 Å². The van der Waals surface area contributed by atoms with Crippen LogP contribution in [0.1, 0.15) is 18.1 Å². The van der Waals surface area contributed by atoms with Gasteiger partial charge in [-0.15, -0.1) is 0 Å². The minimum absolute atomic E-state index is 0.212. The van der Waals surface area contributed by atoms with Gasteiger partial charge in [0.1, 0.15) is 18.1 Å². The van der Waals surface area contributed by atoms with Gasteiger partial charge in [0.25, 0.3) is 0 Å². The summed E-state index contributed by atoms with van der Waals surface area (Å²) in [6, 6.07) is 21.1. The van der Waals surface area contributed by atoms with Crippen molar-refractivity contribution in [3.8, 4) is 11.5 Å². The molecule has 0 fully saturated rings. The van der Waals surface area contributed by atoms with E-state index in [1.54, 1.807) is 73.7 Å². The van der Waals surface area contributed by atoms with Gasteiger partial charge in [0.05, 0.1) is 19.8 Å². The Morgan fingerprint density at radius 2 is 1.54 bits per heavy atom. The number of ether oxygens (including phenoxy) is 4. The maximum atomic E-state index is 12.9. The molecule has 10 heteroatoms. The number of carboxylic acid groups (broad SMARTS) is 1. The summed E-state index contributed by atoms with van der Waals surface area (Å²) in [6.07, 6.45) is -1.17. The molecule has 0 aromatic heterocycles. The number of hydrogen-bond donors (Lipinski definition) is 1. The van der Waals surface area contributed by atoms with Gasteiger partial charge in [-0.3, -0.25) is 0 Å². The Balaban J connectivity index is 1.53. The van der Waals surface area contributed by atoms with E-state index < -0.39 is 18.2 Å². The van der Waals surface area contributed by atoms with Gasteiger partial charge in [0.15, 0.2) is 6.10 Å². The fourth-order valence-corrected chi connectivity index (χ4v) is 4.21. The molecule has 0 spiro atoms. The molecule has 1 unspecified atom stereocenters. The number of amides is 1. The predicted molar refractivity (Wildman–Crippen MR) is 149 cm³/mol. The van der Waals surface area contributed by atoms with Gasteiger partial charge in [-0.2, -0.15) is 0 Å². The summed E-state index contributed by atoms with van der Waals surface area (Å²) < 4.78 is 22.3. The SMILES string of the molecule is CCOC(Cc1ccc(OCCN(CCOCc2cc(Cl)cc(Cl)c2)C(=O)Oc2ccccc2)cc1)C(=O)O. The molecular formula is C29H31Cl2NO7. The molecule has 8 nitrogen and oxygen atoms in total. The van der Waals surface area contributed by atoms with Crippen LogP contribution in [0.3, 0.4) is 0 Å². The van der Waals surface area contributed by atoms with E-state index in [1.165, 1.54) is 4.90 Å². The van der Waals surface area contributed by atoms with Gasteiger partial charge in [-0.05, 0) is 60.5 Å². The monoisotopic (exact) mass is 575 g/mol. The van der Waals surface area contributed by atoms with Gasteiger partial charge >= 0.3 is 12.1 Å². The van der Waals surface area contributed by atoms with Crippen LogP contribution in [0.25, 0.3) is 0 Å².